The van der Waals surface area contributed by atoms with Gasteiger partial charge in [0.25, 0.3) is 5.91 Å². The standard InChI is InChI=1S/C25H23N3O4S/c1-15-23(33-24(27-15)16-7-3-2-4-8-16)21(29)19-20(17-9-5-11-26-13-17)28(25(31)22(19)30)14-18-10-6-12-32-18/h2-5,7-9,11,13,18,20,30H,6,10,12,14H2,1H3. The molecule has 4 heterocycles. The SMILES string of the molecule is Cc1nc(-c2ccccc2)sc1C(=O)C1=C(O)C(=O)N(CC2CCCO2)C1c1cccnc1. The number of amides is 1. The van der Waals surface area contributed by atoms with Crippen LogP contribution in [-0.2, 0) is 9.53 Å². The Morgan fingerprint density at radius 1 is 1.24 bits per heavy atom. The highest BCUT2D eigenvalue weighted by atomic mass is 32.1. The number of hydrogen-bond donors (Lipinski definition) is 1. The molecule has 2 aliphatic heterocycles. The van der Waals surface area contributed by atoms with Crippen molar-refractivity contribution in [1.82, 2.24) is 14.9 Å². The summed E-state index contributed by atoms with van der Waals surface area (Å²) in [4.78, 5) is 37.6. The smallest absolute Gasteiger partial charge is 0.290 e. The molecule has 0 spiro atoms. The van der Waals surface area contributed by atoms with Gasteiger partial charge in [-0.1, -0.05) is 36.4 Å². The van der Waals surface area contributed by atoms with E-state index < -0.39 is 17.7 Å². The van der Waals surface area contributed by atoms with Crippen molar-refractivity contribution >= 4 is 23.0 Å². The van der Waals surface area contributed by atoms with E-state index in [1.165, 1.54) is 16.2 Å². The van der Waals surface area contributed by atoms with Crippen LogP contribution in [0.25, 0.3) is 10.6 Å². The summed E-state index contributed by atoms with van der Waals surface area (Å²) in [6, 6.07) is 12.5. The van der Waals surface area contributed by atoms with E-state index in [0.717, 1.165) is 23.4 Å². The molecule has 2 unspecified atom stereocenters. The van der Waals surface area contributed by atoms with Crippen molar-refractivity contribution < 1.29 is 19.4 Å². The minimum absolute atomic E-state index is 0.0670. The maximum atomic E-state index is 13.8. The molecule has 0 bridgehead atoms. The first-order valence-corrected chi connectivity index (χ1v) is 11.7. The Kier molecular flexibility index (Phi) is 5.78. The van der Waals surface area contributed by atoms with Gasteiger partial charge >= 0.3 is 0 Å². The van der Waals surface area contributed by atoms with Gasteiger partial charge in [-0.15, -0.1) is 11.3 Å². The number of carbonyl (C=O) groups excluding carboxylic acids is 2. The molecule has 2 aliphatic rings. The normalized spacial score (nSPS) is 20.6. The molecular formula is C25H23N3O4S. The highest BCUT2D eigenvalue weighted by Crippen LogP contribution is 2.41. The molecule has 0 radical (unpaired) electrons. The highest BCUT2D eigenvalue weighted by Gasteiger charge is 2.45. The molecular weight excluding hydrogens is 438 g/mol. The Hall–Kier alpha value is -3.36. The molecule has 1 N–H and O–H groups in total. The molecule has 2 aromatic heterocycles. The topological polar surface area (TPSA) is 92.6 Å². The summed E-state index contributed by atoms with van der Waals surface area (Å²) in [6.07, 6.45) is 4.90. The number of aryl methyl sites for hydroxylation is 1. The van der Waals surface area contributed by atoms with Crippen LogP contribution >= 0.6 is 11.3 Å². The Bertz CT molecular complexity index is 1220. The third-order valence-corrected chi connectivity index (χ3v) is 7.20. The number of hydrogen-bond acceptors (Lipinski definition) is 7. The van der Waals surface area contributed by atoms with E-state index in [1.807, 2.05) is 36.4 Å². The zero-order valence-corrected chi connectivity index (χ0v) is 18.9. The van der Waals surface area contributed by atoms with Gasteiger partial charge in [0, 0.05) is 31.1 Å². The summed E-state index contributed by atoms with van der Waals surface area (Å²) >= 11 is 1.27. The Labute approximate surface area is 195 Å². The van der Waals surface area contributed by atoms with Crippen LogP contribution in [0.5, 0.6) is 0 Å². The first-order chi connectivity index (χ1) is 16.0. The minimum atomic E-state index is -0.732. The lowest BCUT2D eigenvalue weighted by molar-refractivity contribution is -0.131. The summed E-state index contributed by atoms with van der Waals surface area (Å²) in [5.74, 6) is -1.46. The second kappa shape index (κ2) is 8.88. The van der Waals surface area contributed by atoms with Crippen LogP contribution in [0.1, 0.15) is 39.8 Å². The number of thiazole rings is 1. The van der Waals surface area contributed by atoms with Crippen molar-refractivity contribution in [2.24, 2.45) is 0 Å². The number of ether oxygens (including phenoxy) is 1. The van der Waals surface area contributed by atoms with E-state index in [9.17, 15) is 14.7 Å². The highest BCUT2D eigenvalue weighted by molar-refractivity contribution is 7.17. The molecule has 8 heteroatoms. The number of benzene rings is 1. The monoisotopic (exact) mass is 461 g/mol. The predicted octanol–water partition coefficient (Wildman–Crippen LogP) is 4.27. The molecule has 33 heavy (non-hydrogen) atoms. The number of aliphatic hydroxyl groups excluding tert-OH is 1. The van der Waals surface area contributed by atoms with E-state index in [2.05, 4.69) is 9.97 Å². The van der Waals surface area contributed by atoms with Crippen molar-refractivity contribution in [3.8, 4) is 10.6 Å². The van der Waals surface area contributed by atoms with Gasteiger partial charge in [-0.2, -0.15) is 0 Å². The lowest BCUT2D eigenvalue weighted by Crippen LogP contribution is -2.37. The molecule has 1 fully saturated rings. The summed E-state index contributed by atoms with van der Waals surface area (Å²) in [5, 5.41) is 11.6. The van der Waals surface area contributed by atoms with Gasteiger partial charge in [0.1, 0.15) is 5.01 Å². The molecule has 1 saturated heterocycles. The zero-order chi connectivity index (χ0) is 22.9. The van der Waals surface area contributed by atoms with Crippen molar-refractivity contribution in [3.05, 3.63) is 82.3 Å². The molecule has 0 saturated carbocycles. The Morgan fingerprint density at radius 3 is 2.76 bits per heavy atom. The second-order valence-corrected chi connectivity index (χ2v) is 9.17. The van der Waals surface area contributed by atoms with Crippen LogP contribution in [0, 0.1) is 6.92 Å². The van der Waals surface area contributed by atoms with Gasteiger partial charge < -0.3 is 14.7 Å². The fourth-order valence-corrected chi connectivity index (χ4v) is 5.43. The molecule has 5 rings (SSSR count). The Balaban J connectivity index is 1.54. The molecule has 7 nitrogen and oxygen atoms in total. The number of aliphatic hydroxyl groups is 1. The van der Waals surface area contributed by atoms with Gasteiger partial charge in [-0.25, -0.2) is 4.98 Å². The van der Waals surface area contributed by atoms with E-state index in [1.54, 1.807) is 25.4 Å². The number of carbonyl (C=O) groups is 2. The van der Waals surface area contributed by atoms with E-state index in [-0.39, 0.29) is 17.5 Å². The summed E-state index contributed by atoms with van der Waals surface area (Å²) in [6.45, 7) is 2.72. The third-order valence-electron chi connectivity index (χ3n) is 6.00. The quantitative estimate of drug-likeness (QED) is 0.551. The predicted molar refractivity (Wildman–Crippen MR) is 124 cm³/mol. The summed E-state index contributed by atoms with van der Waals surface area (Å²) < 4.78 is 5.73. The molecule has 0 aliphatic carbocycles. The molecule has 168 valence electrons. The maximum Gasteiger partial charge on any atom is 0.290 e. The van der Waals surface area contributed by atoms with Gasteiger partial charge in [-0.3, -0.25) is 14.6 Å². The third kappa shape index (κ3) is 3.96. The van der Waals surface area contributed by atoms with Crippen LogP contribution in [0.15, 0.2) is 66.2 Å². The zero-order valence-electron chi connectivity index (χ0n) is 18.1. The first-order valence-electron chi connectivity index (χ1n) is 10.9. The minimum Gasteiger partial charge on any atom is -0.503 e. The number of rotatable bonds is 6. The number of aromatic nitrogens is 2. The van der Waals surface area contributed by atoms with Crippen molar-refractivity contribution in [2.75, 3.05) is 13.2 Å². The van der Waals surface area contributed by atoms with Crippen molar-refractivity contribution in [1.29, 1.82) is 0 Å². The van der Waals surface area contributed by atoms with Gasteiger partial charge in [0.15, 0.2) is 5.76 Å². The molecule has 2 atom stereocenters. The lowest BCUT2D eigenvalue weighted by atomic mass is 9.96. The van der Waals surface area contributed by atoms with Crippen LogP contribution in [0.3, 0.4) is 0 Å². The Morgan fingerprint density at radius 2 is 2.06 bits per heavy atom. The van der Waals surface area contributed by atoms with E-state index in [4.69, 9.17) is 4.74 Å². The maximum absolute atomic E-state index is 13.8. The average Bonchev–Trinajstić information content (AvgIpc) is 3.55. The summed E-state index contributed by atoms with van der Waals surface area (Å²) in [7, 11) is 0. The van der Waals surface area contributed by atoms with Crippen LogP contribution in [0.2, 0.25) is 0 Å². The fraction of sp³-hybridized carbons (Fsp3) is 0.280. The van der Waals surface area contributed by atoms with Crippen LogP contribution < -0.4 is 0 Å². The fourth-order valence-electron chi connectivity index (χ4n) is 4.40. The van der Waals surface area contributed by atoms with Crippen molar-refractivity contribution in [3.63, 3.8) is 0 Å². The molecule has 3 aromatic rings. The van der Waals surface area contributed by atoms with E-state index >= 15 is 0 Å². The van der Waals surface area contributed by atoms with Gasteiger partial charge in [0.2, 0.25) is 5.78 Å². The number of nitrogens with zero attached hydrogens (tertiary/aromatic N) is 3. The summed E-state index contributed by atoms with van der Waals surface area (Å²) in [5.41, 5.74) is 2.22. The second-order valence-electron chi connectivity index (χ2n) is 8.17. The number of ketones is 1. The van der Waals surface area contributed by atoms with Crippen molar-refractivity contribution in [2.45, 2.75) is 31.9 Å². The van der Waals surface area contributed by atoms with Gasteiger partial charge in [0.05, 0.1) is 28.3 Å². The van der Waals surface area contributed by atoms with E-state index in [0.29, 0.717) is 29.3 Å². The van der Waals surface area contributed by atoms with Gasteiger partial charge in [-0.05, 0) is 31.4 Å². The molecule has 1 aromatic carbocycles. The van der Waals surface area contributed by atoms with Crippen LogP contribution in [0.4, 0.5) is 0 Å². The first kappa shape index (κ1) is 21.5. The largest absolute Gasteiger partial charge is 0.503 e. The lowest BCUT2D eigenvalue weighted by Gasteiger charge is -2.28. The average molecular weight is 462 g/mol. The number of Topliss-reactive ketones (excluding diaryl/α,β-unsaturated/α-hetero) is 1. The number of pyridine rings is 1. The molecule has 1 amide bonds. The van der Waals surface area contributed by atoms with Crippen LogP contribution in [-0.4, -0.2) is 50.9 Å².